The van der Waals surface area contributed by atoms with E-state index in [-0.39, 0.29) is 0 Å². The van der Waals surface area contributed by atoms with Crippen LogP contribution < -0.4 is 0 Å². The predicted molar refractivity (Wildman–Crippen MR) is 73.8 cm³/mol. The Bertz CT molecular complexity index is 695. The van der Waals surface area contributed by atoms with Crippen molar-refractivity contribution in [2.45, 2.75) is 6.42 Å². The van der Waals surface area contributed by atoms with Crippen molar-refractivity contribution < 1.29 is 0 Å². The van der Waals surface area contributed by atoms with Crippen molar-refractivity contribution >= 4 is 22.5 Å². The van der Waals surface area contributed by atoms with Gasteiger partial charge < -0.3 is 0 Å². The van der Waals surface area contributed by atoms with Gasteiger partial charge in [-0.25, -0.2) is 0 Å². The molecular formula is C15H11ClN2. The summed E-state index contributed by atoms with van der Waals surface area (Å²) in [6.07, 6.45) is 2.42. The van der Waals surface area contributed by atoms with Crippen LogP contribution in [0, 0.1) is 0 Å². The fraction of sp³-hybridized carbons (Fsp3) is 0.0667. The second kappa shape index (κ2) is 4.75. The van der Waals surface area contributed by atoms with Gasteiger partial charge >= 0.3 is 0 Å². The van der Waals surface area contributed by atoms with E-state index in [2.05, 4.69) is 22.1 Å². The first-order valence-corrected chi connectivity index (χ1v) is 6.14. The SMILES string of the molecule is Clc1ccnc(Cc2ccc3ccccc3n2)c1. The van der Waals surface area contributed by atoms with Crippen LogP contribution in [0.4, 0.5) is 0 Å². The Labute approximate surface area is 110 Å². The van der Waals surface area contributed by atoms with Gasteiger partial charge in [0, 0.05) is 34.4 Å². The number of halogens is 1. The van der Waals surface area contributed by atoms with Gasteiger partial charge in [0.25, 0.3) is 0 Å². The number of pyridine rings is 2. The summed E-state index contributed by atoms with van der Waals surface area (Å²) in [5.74, 6) is 0. The molecule has 0 spiro atoms. The lowest BCUT2D eigenvalue weighted by Gasteiger charge is -2.03. The highest BCUT2D eigenvalue weighted by atomic mass is 35.5. The predicted octanol–water partition coefficient (Wildman–Crippen LogP) is 3.87. The molecule has 0 bridgehead atoms. The number of para-hydroxylation sites is 1. The lowest BCUT2D eigenvalue weighted by atomic mass is 10.1. The summed E-state index contributed by atoms with van der Waals surface area (Å²) in [5, 5.41) is 1.86. The number of nitrogens with zero attached hydrogens (tertiary/aromatic N) is 2. The maximum atomic E-state index is 5.95. The molecule has 2 nitrogen and oxygen atoms in total. The van der Waals surface area contributed by atoms with E-state index >= 15 is 0 Å². The first-order valence-electron chi connectivity index (χ1n) is 5.76. The number of hydrogen-bond donors (Lipinski definition) is 0. The molecule has 0 N–H and O–H groups in total. The molecule has 3 heteroatoms. The van der Waals surface area contributed by atoms with Crippen LogP contribution in [-0.4, -0.2) is 9.97 Å². The minimum Gasteiger partial charge on any atom is -0.261 e. The maximum Gasteiger partial charge on any atom is 0.0705 e. The fourth-order valence-corrected chi connectivity index (χ4v) is 2.12. The third-order valence-corrected chi connectivity index (χ3v) is 3.03. The standard InChI is InChI=1S/C15H11ClN2/c16-12-7-8-17-14(9-12)10-13-6-5-11-3-1-2-4-15(11)18-13/h1-9H,10H2. The highest BCUT2D eigenvalue weighted by molar-refractivity contribution is 6.30. The second-order valence-corrected chi connectivity index (χ2v) is 4.57. The van der Waals surface area contributed by atoms with Crippen molar-refractivity contribution in [3.63, 3.8) is 0 Å². The molecule has 0 unspecified atom stereocenters. The summed E-state index contributed by atoms with van der Waals surface area (Å²) in [7, 11) is 0. The molecule has 0 radical (unpaired) electrons. The van der Waals surface area contributed by atoms with Crippen LogP contribution in [0.3, 0.4) is 0 Å². The Morgan fingerprint density at radius 3 is 2.72 bits per heavy atom. The van der Waals surface area contributed by atoms with E-state index in [1.54, 1.807) is 12.3 Å². The molecule has 0 saturated carbocycles. The van der Waals surface area contributed by atoms with Gasteiger partial charge in [0.2, 0.25) is 0 Å². The van der Waals surface area contributed by atoms with Crippen LogP contribution in [0.25, 0.3) is 10.9 Å². The van der Waals surface area contributed by atoms with E-state index < -0.39 is 0 Å². The molecule has 2 heterocycles. The Hall–Kier alpha value is -1.93. The van der Waals surface area contributed by atoms with E-state index in [1.807, 2.05) is 30.3 Å². The van der Waals surface area contributed by atoms with Crippen molar-refractivity contribution in [3.8, 4) is 0 Å². The largest absolute Gasteiger partial charge is 0.261 e. The Balaban J connectivity index is 1.95. The van der Waals surface area contributed by atoms with Crippen LogP contribution in [0.2, 0.25) is 5.02 Å². The number of fused-ring (bicyclic) bond motifs is 1. The molecular weight excluding hydrogens is 244 g/mol. The third kappa shape index (κ3) is 2.34. The first-order chi connectivity index (χ1) is 8.81. The highest BCUT2D eigenvalue weighted by Crippen LogP contribution is 2.15. The smallest absolute Gasteiger partial charge is 0.0705 e. The lowest BCUT2D eigenvalue weighted by molar-refractivity contribution is 1.03. The van der Waals surface area contributed by atoms with E-state index in [9.17, 15) is 0 Å². The number of benzene rings is 1. The van der Waals surface area contributed by atoms with Gasteiger partial charge in [-0.3, -0.25) is 9.97 Å². The summed E-state index contributed by atoms with van der Waals surface area (Å²) < 4.78 is 0. The van der Waals surface area contributed by atoms with Crippen molar-refractivity contribution in [3.05, 3.63) is 71.1 Å². The Kier molecular flexibility index (Phi) is 2.95. The molecule has 0 saturated heterocycles. The zero-order chi connectivity index (χ0) is 12.4. The highest BCUT2D eigenvalue weighted by Gasteiger charge is 2.01. The monoisotopic (exact) mass is 254 g/mol. The molecule has 3 aromatic rings. The lowest BCUT2D eigenvalue weighted by Crippen LogP contribution is -1.95. The van der Waals surface area contributed by atoms with Gasteiger partial charge in [0.05, 0.1) is 5.52 Å². The zero-order valence-corrected chi connectivity index (χ0v) is 10.4. The molecule has 1 aromatic carbocycles. The zero-order valence-electron chi connectivity index (χ0n) is 9.68. The molecule has 3 rings (SSSR count). The van der Waals surface area contributed by atoms with Crippen LogP contribution >= 0.6 is 11.6 Å². The van der Waals surface area contributed by atoms with Gasteiger partial charge in [0.1, 0.15) is 0 Å². The average Bonchev–Trinajstić information content (AvgIpc) is 2.39. The van der Waals surface area contributed by atoms with Crippen LogP contribution in [0.1, 0.15) is 11.4 Å². The normalized spacial score (nSPS) is 10.7. The minimum absolute atomic E-state index is 0.700. The fourth-order valence-electron chi connectivity index (χ4n) is 1.94. The van der Waals surface area contributed by atoms with Gasteiger partial charge in [-0.05, 0) is 24.3 Å². The molecule has 0 aliphatic carbocycles. The van der Waals surface area contributed by atoms with Crippen LogP contribution in [0.5, 0.6) is 0 Å². The first kappa shape index (κ1) is 11.2. The summed E-state index contributed by atoms with van der Waals surface area (Å²) in [6, 6.07) is 15.9. The molecule has 0 atom stereocenters. The van der Waals surface area contributed by atoms with Crippen molar-refractivity contribution in [2.75, 3.05) is 0 Å². The van der Waals surface area contributed by atoms with Gasteiger partial charge in [-0.1, -0.05) is 35.9 Å². The summed E-state index contributed by atoms with van der Waals surface area (Å²) in [4.78, 5) is 8.91. The van der Waals surface area contributed by atoms with Crippen LogP contribution in [0.15, 0.2) is 54.7 Å². The van der Waals surface area contributed by atoms with Gasteiger partial charge in [0.15, 0.2) is 0 Å². The van der Waals surface area contributed by atoms with E-state index in [0.29, 0.717) is 11.4 Å². The summed E-state index contributed by atoms with van der Waals surface area (Å²) >= 11 is 5.95. The minimum atomic E-state index is 0.700. The van der Waals surface area contributed by atoms with Gasteiger partial charge in [-0.2, -0.15) is 0 Å². The molecule has 0 fully saturated rings. The molecule has 18 heavy (non-hydrogen) atoms. The molecule has 0 amide bonds. The second-order valence-electron chi connectivity index (χ2n) is 4.14. The van der Waals surface area contributed by atoms with E-state index in [1.165, 1.54) is 0 Å². The van der Waals surface area contributed by atoms with E-state index in [0.717, 1.165) is 22.3 Å². The molecule has 88 valence electrons. The Morgan fingerprint density at radius 1 is 0.944 bits per heavy atom. The van der Waals surface area contributed by atoms with E-state index in [4.69, 9.17) is 11.6 Å². The maximum absolute atomic E-state index is 5.95. The molecule has 2 aromatic heterocycles. The summed E-state index contributed by atoms with van der Waals surface area (Å²) in [5.41, 5.74) is 2.95. The van der Waals surface area contributed by atoms with Crippen molar-refractivity contribution in [1.29, 1.82) is 0 Å². The van der Waals surface area contributed by atoms with Crippen molar-refractivity contribution in [2.24, 2.45) is 0 Å². The quantitative estimate of drug-likeness (QED) is 0.694. The third-order valence-electron chi connectivity index (χ3n) is 2.80. The van der Waals surface area contributed by atoms with Crippen molar-refractivity contribution in [1.82, 2.24) is 9.97 Å². The number of aromatic nitrogens is 2. The topological polar surface area (TPSA) is 25.8 Å². The molecule has 0 aliphatic rings. The average molecular weight is 255 g/mol. The number of rotatable bonds is 2. The summed E-state index contributed by atoms with van der Waals surface area (Å²) in [6.45, 7) is 0. The Morgan fingerprint density at radius 2 is 1.83 bits per heavy atom. The van der Waals surface area contributed by atoms with Gasteiger partial charge in [-0.15, -0.1) is 0 Å². The molecule has 0 aliphatic heterocycles. The number of hydrogen-bond acceptors (Lipinski definition) is 2. The van der Waals surface area contributed by atoms with Crippen LogP contribution in [-0.2, 0) is 6.42 Å².